The van der Waals surface area contributed by atoms with Crippen molar-refractivity contribution in [1.82, 2.24) is 9.78 Å². The fraction of sp³-hybridized carbons (Fsp3) is 0.286. The molecular formula is C14H16ClN3O. The van der Waals surface area contributed by atoms with Gasteiger partial charge in [0.15, 0.2) is 0 Å². The number of benzene rings is 1. The van der Waals surface area contributed by atoms with Crippen molar-refractivity contribution in [1.29, 1.82) is 0 Å². The number of halogens is 1. The number of hydrogen-bond donors (Lipinski definition) is 1. The van der Waals surface area contributed by atoms with E-state index >= 15 is 0 Å². The van der Waals surface area contributed by atoms with Crippen LogP contribution in [0.2, 0.25) is 0 Å². The minimum Gasteiger partial charge on any atom is -0.324 e. The van der Waals surface area contributed by atoms with Crippen molar-refractivity contribution in [3.8, 4) is 5.69 Å². The molecule has 0 aliphatic heterocycles. The van der Waals surface area contributed by atoms with Crippen LogP contribution in [-0.4, -0.2) is 21.6 Å². The highest BCUT2D eigenvalue weighted by atomic mass is 35.5. The Balaban J connectivity index is 2.29. The van der Waals surface area contributed by atoms with E-state index in [4.69, 9.17) is 11.6 Å². The third-order valence-corrected chi connectivity index (χ3v) is 3.52. The Morgan fingerprint density at radius 2 is 2.11 bits per heavy atom. The molecule has 5 heteroatoms. The second kappa shape index (κ2) is 5.45. The van der Waals surface area contributed by atoms with Crippen molar-refractivity contribution in [2.75, 3.05) is 11.2 Å². The van der Waals surface area contributed by atoms with E-state index in [2.05, 4.69) is 10.4 Å². The molecule has 0 bridgehead atoms. The topological polar surface area (TPSA) is 46.9 Å². The Labute approximate surface area is 117 Å². The van der Waals surface area contributed by atoms with Crippen LogP contribution < -0.4 is 5.32 Å². The maximum Gasteiger partial charge on any atom is 0.231 e. The molecule has 0 aliphatic rings. The van der Waals surface area contributed by atoms with Crippen LogP contribution in [-0.2, 0) is 4.79 Å². The first-order valence-corrected chi connectivity index (χ1v) is 6.54. The second-order valence-electron chi connectivity index (χ2n) is 4.94. The third-order valence-electron chi connectivity index (χ3n) is 2.85. The maximum atomic E-state index is 12.2. The van der Waals surface area contributed by atoms with Gasteiger partial charge in [0.05, 0.1) is 16.8 Å². The number of carbonyl (C=O) groups is 1. The van der Waals surface area contributed by atoms with E-state index in [0.29, 0.717) is 0 Å². The van der Waals surface area contributed by atoms with Crippen LogP contribution >= 0.6 is 11.6 Å². The molecular weight excluding hydrogens is 262 g/mol. The van der Waals surface area contributed by atoms with Gasteiger partial charge >= 0.3 is 0 Å². The Hall–Kier alpha value is -1.81. The highest BCUT2D eigenvalue weighted by Crippen LogP contribution is 2.24. The van der Waals surface area contributed by atoms with Gasteiger partial charge in [-0.2, -0.15) is 5.10 Å². The highest BCUT2D eigenvalue weighted by molar-refractivity contribution is 6.20. The molecule has 0 saturated carbocycles. The van der Waals surface area contributed by atoms with Crippen LogP contribution in [0.5, 0.6) is 0 Å². The lowest BCUT2D eigenvalue weighted by Crippen LogP contribution is -2.32. The molecule has 0 fully saturated rings. The molecule has 1 N–H and O–H groups in total. The van der Waals surface area contributed by atoms with Gasteiger partial charge in [-0.3, -0.25) is 4.79 Å². The van der Waals surface area contributed by atoms with E-state index in [1.807, 2.05) is 50.4 Å². The molecule has 19 heavy (non-hydrogen) atoms. The third kappa shape index (κ3) is 2.96. The van der Waals surface area contributed by atoms with Crippen molar-refractivity contribution in [2.24, 2.45) is 5.41 Å². The summed E-state index contributed by atoms with van der Waals surface area (Å²) in [5, 5.41) is 7.08. The van der Waals surface area contributed by atoms with Crippen LogP contribution in [0.25, 0.3) is 5.69 Å². The van der Waals surface area contributed by atoms with Gasteiger partial charge in [0.1, 0.15) is 0 Å². The number of anilines is 1. The van der Waals surface area contributed by atoms with E-state index in [-0.39, 0.29) is 11.8 Å². The highest BCUT2D eigenvalue weighted by Gasteiger charge is 2.27. The first-order chi connectivity index (χ1) is 9.04. The van der Waals surface area contributed by atoms with Crippen molar-refractivity contribution >= 4 is 23.2 Å². The minimum absolute atomic E-state index is 0.109. The van der Waals surface area contributed by atoms with Gasteiger partial charge in [-0.05, 0) is 32.0 Å². The monoisotopic (exact) mass is 277 g/mol. The lowest BCUT2D eigenvalue weighted by atomic mass is 9.95. The van der Waals surface area contributed by atoms with Crippen molar-refractivity contribution in [3.05, 3.63) is 42.7 Å². The number of hydrogen-bond acceptors (Lipinski definition) is 2. The zero-order chi connectivity index (χ0) is 13.9. The predicted octanol–water partition coefficient (Wildman–Crippen LogP) is 3.08. The SMILES string of the molecule is CC(C)(CCl)C(=O)Nc1ccccc1-n1cccn1. The van der Waals surface area contributed by atoms with Gasteiger partial charge in [0.25, 0.3) is 0 Å². The van der Waals surface area contributed by atoms with Crippen molar-refractivity contribution in [3.63, 3.8) is 0 Å². The van der Waals surface area contributed by atoms with Gasteiger partial charge in [-0.25, -0.2) is 4.68 Å². The fourth-order valence-corrected chi connectivity index (χ4v) is 1.66. The molecule has 4 nitrogen and oxygen atoms in total. The normalized spacial score (nSPS) is 11.3. The van der Waals surface area contributed by atoms with E-state index in [1.54, 1.807) is 10.9 Å². The smallest absolute Gasteiger partial charge is 0.231 e. The van der Waals surface area contributed by atoms with E-state index in [1.165, 1.54) is 0 Å². The number of alkyl halides is 1. The van der Waals surface area contributed by atoms with Crippen molar-refractivity contribution in [2.45, 2.75) is 13.8 Å². The Morgan fingerprint density at radius 3 is 2.74 bits per heavy atom. The summed E-state index contributed by atoms with van der Waals surface area (Å²) in [5.74, 6) is 0.157. The zero-order valence-corrected chi connectivity index (χ0v) is 11.7. The summed E-state index contributed by atoms with van der Waals surface area (Å²) in [6.07, 6.45) is 3.53. The molecule has 0 unspecified atom stereocenters. The molecule has 0 aliphatic carbocycles. The maximum absolute atomic E-state index is 12.2. The molecule has 0 atom stereocenters. The van der Waals surface area contributed by atoms with Crippen LogP contribution in [0.3, 0.4) is 0 Å². The quantitative estimate of drug-likeness (QED) is 0.873. The summed E-state index contributed by atoms with van der Waals surface area (Å²) in [7, 11) is 0. The van der Waals surface area contributed by atoms with Crippen LogP contribution in [0.1, 0.15) is 13.8 Å². The van der Waals surface area contributed by atoms with Gasteiger partial charge in [0.2, 0.25) is 5.91 Å². The van der Waals surface area contributed by atoms with Gasteiger partial charge in [-0.15, -0.1) is 11.6 Å². The van der Waals surface area contributed by atoms with Crippen molar-refractivity contribution < 1.29 is 4.79 Å². The van der Waals surface area contributed by atoms with E-state index < -0.39 is 5.41 Å². The summed E-state index contributed by atoms with van der Waals surface area (Å²) in [6.45, 7) is 3.62. The number of nitrogens with zero attached hydrogens (tertiary/aromatic N) is 2. The van der Waals surface area contributed by atoms with Gasteiger partial charge in [-0.1, -0.05) is 12.1 Å². The van der Waals surface area contributed by atoms with E-state index in [9.17, 15) is 4.79 Å². The molecule has 1 amide bonds. The van der Waals surface area contributed by atoms with Crippen LogP contribution in [0, 0.1) is 5.41 Å². The molecule has 100 valence electrons. The Kier molecular flexibility index (Phi) is 3.90. The summed E-state index contributed by atoms with van der Waals surface area (Å²) in [5.41, 5.74) is 0.930. The lowest BCUT2D eigenvalue weighted by Gasteiger charge is -2.21. The average molecular weight is 278 g/mol. The first-order valence-electron chi connectivity index (χ1n) is 6.01. The number of carbonyl (C=O) groups excluding carboxylic acids is 1. The fourth-order valence-electron chi connectivity index (χ4n) is 1.54. The first kappa shape index (κ1) is 13.6. The molecule has 2 aromatic rings. The Bertz CT molecular complexity index is 564. The molecule has 1 aromatic carbocycles. The lowest BCUT2D eigenvalue weighted by molar-refractivity contribution is -0.122. The molecule has 0 spiro atoms. The minimum atomic E-state index is -0.612. The summed E-state index contributed by atoms with van der Waals surface area (Å²) >= 11 is 5.82. The number of nitrogens with one attached hydrogen (secondary N) is 1. The van der Waals surface area contributed by atoms with E-state index in [0.717, 1.165) is 11.4 Å². The van der Waals surface area contributed by atoms with Crippen LogP contribution in [0.4, 0.5) is 5.69 Å². The number of amides is 1. The molecule has 2 rings (SSSR count). The average Bonchev–Trinajstić information content (AvgIpc) is 2.93. The zero-order valence-electron chi connectivity index (χ0n) is 10.9. The largest absolute Gasteiger partial charge is 0.324 e. The number of para-hydroxylation sites is 2. The standard InChI is InChI=1S/C14H16ClN3O/c1-14(2,10-15)13(19)17-11-6-3-4-7-12(11)18-9-5-8-16-18/h3-9H,10H2,1-2H3,(H,17,19). The summed E-state index contributed by atoms with van der Waals surface area (Å²) < 4.78 is 1.71. The summed E-state index contributed by atoms with van der Waals surface area (Å²) in [6, 6.07) is 9.35. The molecule has 0 saturated heterocycles. The Morgan fingerprint density at radius 1 is 1.37 bits per heavy atom. The molecule has 0 radical (unpaired) electrons. The second-order valence-corrected chi connectivity index (χ2v) is 5.21. The van der Waals surface area contributed by atoms with Crippen LogP contribution in [0.15, 0.2) is 42.7 Å². The molecule has 1 heterocycles. The molecule has 1 aromatic heterocycles. The predicted molar refractivity (Wildman–Crippen MR) is 76.7 cm³/mol. The number of rotatable bonds is 4. The van der Waals surface area contributed by atoms with Gasteiger partial charge < -0.3 is 5.32 Å². The van der Waals surface area contributed by atoms with Gasteiger partial charge in [0, 0.05) is 18.3 Å². The number of aromatic nitrogens is 2. The summed E-state index contributed by atoms with van der Waals surface area (Å²) in [4.78, 5) is 12.2.